The normalized spacial score (nSPS) is 25.5. The number of carboxylic acid groups (broad SMARTS) is 1. The molecule has 2 heterocycles. The van der Waals surface area contributed by atoms with Crippen LogP contribution in [-0.4, -0.2) is 62.2 Å². The fourth-order valence-corrected chi connectivity index (χ4v) is 2.89. The maximum Gasteiger partial charge on any atom is 0.311 e. The lowest BCUT2D eigenvalue weighted by molar-refractivity contribution is -0.155. The summed E-state index contributed by atoms with van der Waals surface area (Å²) in [5.41, 5.74) is -0.930. The molecule has 2 unspecified atom stereocenters. The van der Waals surface area contributed by atoms with Crippen LogP contribution in [0.3, 0.4) is 0 Å². The molecule has 2 aliphatic rings. The maximum absolute atomic E-state index is 12.1. The predicted octanol–water partition coefficient (Wildman–Crippen LogP) is 0.958. The quantitative estimate of drug-likeness (QED) is 0.722. The zero-order chi connectivity index (χ0) is 16.7. The lowest BCUT2D eigenvalue weighted by atomic mass is 9.80. The lowest BCUT2D eigenvalue weighted by Crippen LogP contribution is -2.48. The second-order valence-electron chi connectivity index (χ2n) is 6.38. The average Bonchev–Trinajstić information content (AvgIpc) is 2.59. The van der Waals surface area contributed by atoms with Gasteiger partial charge in [0.15, 0.2) is 0 Å². The van der Waals surface area contributed by atoms with Gasteiger partial charge in [0.05, 0.1) is 18.1 Å². The number of carbonyl (C=O) groups is 2. The third-order valence-corrected chi connectivity index (χ3v) is 4.68. The minimum absolute atomic E-state index is 0.0554. The molecule has 0 aromatic heterocycles. The van der Waals surface area contributed by atoms with E-state index in [4.69, 9.17) is 14.2 Å². The van der Waals surface area contributed by atoms with E-state index < -0.39 is 17.5 Å². The van der Waals surface area contributed by atoms with E-state index in [-0.39, 0.29) is 18.6 Å². The number of ether oxygens (including phenoxy) is 3. The summed E-state index contributed by atoms with van der Waals surface area (Å²) in [6.45, 7) is 3.75. The third kappa shape index (κ3) is 5.16. The number of aliphatic carboxylic acids is 1. The highest BCUT2D eigenvalue weighted by molar-refractivity contribution is 5.82. The van der Waals surface area contributed by atoms with Crippen LogP contribution >= 0.6 is 0 Å². The molecule has 0 radical (unpaired) electrons. The Morgan fingerprint density at radius 1 is 1.30 bits per heavy atom. The Bertz CT molecular complexity index is 401. The molecule has 2 aliphatic heterocycles. The van der Waals surface area contributed by atoms with Crippen molar-refractivity contribution in [1.29, 1.82) is 0 Å². The fourth-order valence-electron chi connectivity index (χ4n) is 2.89. The zero-order valence-corrected chi connectivity index (χ0v) is 13.7. The molecule has 7 heteroatoms. The molecule has 0 aromatic rings. The van der Waals surface area contributed by atoms with Gasteiger partial charge in [-0.05, 0) is 39.0 Å². The fraction of sp³-hybridized carbons (Fsp3) is 0.875. The number of carbonyl (C=O) groups excluding carboxylic acids is 1. The first-order chi connectivity index (χ1) is 11.0. The molecule has 0 aliphatic carbocycles. The average molecular weight is 329 g/mol. The van der Waals surface area contributed by atoms with E-state index in [1.165, 1.54) is 0 Å². The molecule has 132 valence electrons. The van der Waals surface area contributed by atoms with Crippen molar-refractivity contribution in [2.45, 2.75) is 51.2 Å². The second kappa shape index (κ2) is 8.61. The lowest BCUT2D eigenvalue weighted by Gasteiger charge is -2.33. The van der Waals surface area contributed by atoms with Gasteiger partial charge in [0.25, 0.3) is 0 Å². The van der Waals surface area contributed by atoms with E-state index in [0.29, 0.717) is 32.7 Å². The summed E-state index contributed by atoms with van der Waals surface area (Å²) >= 11 is 0. The summed E-state index contributed by atoms with van der Waals surface area (Å²) in [5, 5.41) is 12.2. The van der Waals surface area contributed by atoms with Crippen LogP contribution in [0.15, 0.2) is 0 Å². The molecule has 2 atom stereocenters. The van der Waals surface area contributed by atoms with Crippen molar-refractivity contribution in [3.8, 4) is 0 Å². The van der Waals surface area contributed by atoms with Crippen molar-refractivity contribution in [2.24, 2.45) is 5.41 Å². The maximum atomic E-state index is 12.1. The largest absolute Gasteiger partial charge is 0.481 e. The molecule has 2 saturated heterocycles. The van der Waals surface area contributed by atoms with Crippen molar-refractivity contribution >= 4 is 11.9 Å². The van der Waals surface area contributed by atoms with Crippen LogP contribution in [0, 0.1) is 5.41 Å². The van der Waals surface area contributed by atoms with Gasteiger partial charge in [-0.15, -0.1) is 0 Å². The van der Waals surface area contributed by atoms with Crippen LogP contribution in [0.25, 0.3) is 0 Å². The molecule has 0 saturated carbocycles. The minimum atomic E-state index is -0.930. The van der Waals surface area contributed by atoms with Gasteiger partial charge in [-0.1, -0.05) is 0 Å². The number of carboxylic acids is 1. The topological polar surface area (TPSA) is 94.1 Å². The molecule has 2 fully saturated rings. The first-order valence-electron chi connectivity index (χ1n) is 8.35. The van der Waals surface area contributed by atoms with Crippen molar-refractivity contribution in [3.63, 3.8) is 0 Å². The van der Waals surface area contributed by atoms with Crippen LogP contribution < -0.4 is 5.32 Å². The smallest absolute Gasteiger partial charge is 0.311 e. The van der Waals surface area contributed by atoms with Crippen molar-refractivity contribution in [2.75, 3.05) is 33.0 Å². The van der Waals surface area contributed by atoms with Crippen LogP contribution in [0.5, 0.6) is 0 Å². The first kappa shape index (κ1) is 18.2. The minimum Gasteiger partial charge on any atom is -0.481 e. The van der Waals surface area contributed by atoms with Crippen LogP contribution in [0.1, 0.15) is 39.0 Å². The zero-order valence-electron chi connectivity index (χ0n) is 13.7. The van der Waals surface area contributed by atoms with Crippen LogP contribution in [-0.2, 0) is 23.8 Å². The van der Waals surface area contributed by atoms with Crippen molar-refractivity contribution in [1.82, 2.24) is 5.32 Å². The Kier molecular flexibility index (Phi) is 6.80. The highest BCUT2D eigenvalue weighted by Crippen LogP contribution is 2.30. The Labute approximate surface area is 136 Å². The Morgan fingerprint density at radius 3 is 2.65 bits per heavy atom. The van der Waals surface area contributed by atoms with Gasteiger partial charge < -0.3 is 24.6 Å². The first-order valence-corrected chi connectivity index (χ1v) is 8.35. The van der Waals surface area contributed by atoms with Gasteiger partial charge in [0, 0.05) is 26.4 Å². The summed E-state index contributed by atoms with van der Waals surface area (Å²) in [6, 6.07) is 0. The number of amides is 1. The highest BCUT2D eigenvalue weighted by Gasteiger charge is 2.40. The number of hydrogen-bond donors (Lipinski definition) is 2. The van der Waals surface area contributed by atoms with Crippen molar-refractivity contribution in [3.05, 3.63) is 0 Å². The van der Waals surface area contributed by atoms with E-state index in [2.05, 4.69) is 5.32 Å². The molecule has 23 heavy (non-hydrogen) atoms. The van der Waals surface area contributed by atoms with E-state index in [1.54, 1.807) is 6.92 Å². The summed E-state index contributed by atoms with van der Waals surface area (Å²) in [7, 11) is 0. The van der Waals surface area contributed by atoms with Gasteiger partial charge in [-0.25, -0.2) is 0 Å². The van der Waals surface area contributed by atoms with E-state index in [1.807, 2.05) is 0 Å². The molecular formula is C16H27NO6. The number of nitrogens with one attached hydrogen (secondary N) is 1. The van der Waals surface area contributed by atoms with Gasteiger partial charge in [-0.3, -0.25) is 9.59 Å². The van der Waals surface area contributed by atoms with Crippen molar-refractivity contribution < 1.29 is 28.9 Å². The van der Waals surface area contributed by atoms with Gasteiger partial charge in [0.1, 0.15) is 6.10 Å². The molecule has 7 nitrogen and oxygen atoms in total. The number of rotatable bonds is 7. The molecule has 0 spiro atoms. The predicted molar refractivity (Wildman–Crippen MR) is 82.1 cm³/mol. The van der Waals surface area contributed by atoms with Gasteiger partial charge in [-0.2, -0.15) is 0 Å². The summed E-state index contributed by atoms with van der Waals surface area (Å²) in [4.78, 5) is 23.7. The highest BCUT2D eigenvalue weighted by atomic mass is 16.5. The van der Waals surface area contributed by atoms with Crippen LogP contribution in [0.2, 0.25) is 0 Å². The molecule has 1 amide bonds. The molecule has 2 N–H and O–H groups in total. The van der Waals surface area contributed by atoms with Gasteiger partial charge in [0.2, 0.25) is 5.91 Å². The third-order valence-electron chi connectivity index (χ3n) is 4.68. The Balaban J connectivity index is 1.74. The summed E-state index contributed by atoms with van der Waals surface area (Å²) in [5.74, 6) is -1.17. The SMILES string of the molecule is CC(OCC1CCCCO1)C(=O)NCC1(C(=O)O)CCOCC1. The van der Waals surface area contributed by atoms with E-state index in [9.17, 15) is 14.7 Å². The monoisotopic (exact) mass is 329 g/mol. The van der Waals surface area contributed by atoms with Crippen LogP contribution in [0.4, 0.5) is 0 Å². The molecule has 0 aromatic carbocycles. The molecule has 2 rings (SSSR count). The Hall–Kier alpha value is -1.18. The second-order valence-corrected chi connectivity index (χ2v) is 6.38. The number of hydrogen-bond acceptors (Lipinski definition) is 5. The standard InChI is InChI=1S/C16H27NO6/c1-12(23-10-13-4-2-3-7-22-13)14(18)17-11-16(15(19)20)5-8-21-9-6-16/h12-13H,2-11H2,1H3,(H,17,18)(H,19,20). The van der Waals surface area contributed by atoms with E-state index >= 15 is 0 Å². The van der Waals surface area contributed by atoms with Gasteiger partial charge >= 0.3 is 5.97 Å². The summed E-state index contributed by atoms with van der Waals surface area (Å²) in [6.07, 6.45) is 3.41. The molecular weight excluding hydrogens is 302 g/mol. The Morgan fingerprint density at radius 2 is 2.04 bits per heavy atom. The van der Waals surface area contributed by atoms with E-state index in [0.717, 1.165) is 25.9 Å². The molecule has 0 bridgehead atoms. The summed E-state index contributed by atoms with van der Waals surface area (Å²) < 4.78 is 16.4.